The van der Waals surface area contributed by atoms with Crippen LogP contribution >= 0.6 is 0 Å². The summed E-state index contributed by atoms with van der Waals surface area (Å²) < 4.78 is 7.03. The minimum absolute atomic E-state index is 1.03. The summed E-state index contributed by atoms with van der Waals surface area (Å²) in [5, 5.41) is 8.14. The van der Waals surface area contributed by atoms with Crippen LogP contribution in [0.3, 0.4) is 0 Å². The first-order valence-electron chi connectivity index (χ1n) is 23.4. The molecule has 8 rings (SSSR count). The lowest BCUT2D eigenvalue weighted by atomic mass is 9.72. The Morgan fingerprint density at radius 2 is 0.333 bits per heavy atom. The maximum atomic E-state index is 7.03. The molecule has 8 aromatic rings. The molecule has 0 N–H and O–H groups in total. The van der Waals surface area contributed by atoms with Gasteiger partial charge in [-0.3, -0.25) is 0 Å². The molecule has 0 amide bonds. The number of fused-ring (bicyclic) bond motifs is 5. The minimum atomic E-state index is 1.03. The predicted octanol–water partition coefficient (Wildman–Crippen LogP) is 18.3. The lowest BCUT2D eigenvalue weighted by Gasteiger charge is -2.31. The third-order valence-electron chi connectivity index (χ3n) is 18.2. The van der Waals surface area contributed by atoms with E-state index in [9.17, 15) is 0 Å². The van der Waals surface area contributed by atoms with E-state index in [0.717, 1.165) is 11.2 Å². The van der Waals surface area contributed by atoms with Crippen LogP contribution in [0.2, 0.25) is 0 Å². The van der Waals surface area contributed by atoms with E-state index in [4.69, 9.17) is 4.42 Å². The summed E-state index contributed by atoms with van der Waals surface area (Å²) >= 11 is 0. The summed E-state index contributed by atoms with van der Waals surface area (Å²) in [5.74, 6) is 0. The van der Waals surface area contributed by atoms with Crippen molar-refractivity contribution in [3.63, 3.8) is 0 Å². The van der Waals surface area contributed by atoms with E-state index in [1.165, 1.54) is 199 Å². The van der Waals surface area contributed by atoms with Crippen LogP contribution in [0.5, 0.6) is 0 Å². The second kappa shape index (κ2) is 14.7. The van der Waals surface area contributed by atoms with Crippen LogP contribution in [0.1, 0.15) is 134 Å². The molecular formula is C62H72O. The predicted molar refractivity (Wildman–Crippen MR) is 279 cm³/mol. The van der Waals surface area contributed by atoms with Gasteiger partial charge in [0.05, 0.1) is 0 Å². The van der Waals surface area contributed by atoms with E-state index in [1.807, 2.05) is 0 Å². The Labute approximate surface area is 379 Å². The molecule has 1 heterocycles. The Bertz CT molecular complexity index is 3330. The van der Waals surface area contributed by atoms with Crippen LogP contribution in [0.15, 0.2) is 4.42 Å². The van der Waals surface area contributed by atoms with Gasteiger partial charge in [0.1, 0.15) is 11.2 Å². The van der Waals surface area contributed by atoms with Crippen molar-refractivity contribution in [1.82, 2.24) is 0 Å². The van der Waals surface area contributed by atoms with Gasteiger partial charge < -0.3 is 4.42 Å². The average Bonchev–Trinajstić information content (AvgIpc) is 3.67. The van der Waals surface area contributed by atoms with Gasteiger partial charge in [0.2, 0.25) is 0 Å². The van der Waals surface area contributed by atoms with E-state index in [0.29, 0.717) is 0 Å². The molecule has 7 aromatic carbocycles. The molecule has 1 aromatic heterocycles. The lowest BCUT2D eigenvalue weighted by Crippen LogP contribution is -2.09. The zero-order valence-electron chi connectivity index (χ0n) is 43.4. The number of benzene rings is 7. The molecule has 0 radical (unpaired) electrons. The summed E-state index contributed by atoms with van der Waals surface area (Å²) in [5.41, 5.74) is 43.2. The highest BCUT2D eigenvalue weighted by Crippen LogP contribution is 2.56. The van der Waals surface area contributed by atoms with E-state index in [-0.39, 0.29) is 0 Å². The van der Waals surface area contributed by atoms with Crippen molar-refractivity contribution in [1.29, 1.82) is 0 Å². The molecule has 0 saturated carbocycles. The third-order valence-corrected chi connectivity index (χ3v) is 18.2. The normalized spacial score (nSPS) is 12.1. The van der Waals surface area contributed by atoms with E-state index < -0.39 is 0 Å². The Kier molecular flexibility index (Phi) is 10.4. The average molecular weight is 833 g/mol. The van der Waals surface area contributed by atoms with Gasteiger partial charge in [0, 0.05) is 10.8 Å². The number of furan rings is 1. The SMILES string of the molecule is Cc1c(C)c(C)c(-c2c(C)c(C)c(C)c(C)c2-c2c3c(C)c(C)c(C)c(C)c3c(-c3c(C)c(C)c4oc5c(C)c(C)c(C)c(C)c5c4c3C)c3c(C)c(C)c(C)c(C)c23)c(C)c1C. The molecule has 0 unspecified atom stereocenters. The van der Waals surface area contributed by atoms with Crippen molar-refractivity contribution in [3.8, 4) is 33.4 Å². The van der Waals surface area contributed by atoms with Crippen LogP contribution in [-0.2, 0) is 0 Å². The highest BCUT2D eigenvalue weighted by molar-refractivity contribution is 6.28. The Morgan fingerprint density at radius 1 is 0.143 bits per heavy atom. The minimum Gasteiger partial charge on any atom is -0.455 e. The molecule has 0 spiro atoms. The van der Waals surface area contributed by atoms with Gasteiger partial charge in [-0.05, 0) is 355 Å². The molecule has 0 aliphatic carbocycles. The quantitative estimate of drug-likeness (QED) is 0.162. The number of hydrogen-bond donors (Lipinski definition) is 0. The molecule has 0 bridgehead atoms. The van der Waals surface area contributed by atoms with E-state index in [2.05, 4.69) is 166 Å². The van der Waals surface area contributed by atoms with Gasteiger partial charge >= 0.3 is 0 Å². The van der Waals surface area contributed by atoms with Crippen LogP contribution in [0, 0.1) is 166 Å². The van der Waals surface area contributed by atoms with E-state index in [1.54, 1.807) is 0 Å². The molecule has 1 heteroatoms. The van der Waals surface area contributed by atoms with Gasteiger partial charge in [-0.2, -0.15) is 0 Å². The maximum Gasteiger partial charge on any atom is 0.138 e. The summed E-state index contributed by atoms with van der Waals surface area (Å²) in [6.45, 7) is 56.5. The van der Waals surface area contributed by atoms with Crippen molar-refractivity contribution < 1.29 is 4.42 Å². The molecule has 63 heavy (non-hydrogen) atoms. The van der Waals surface area contributed by atoms with Crippen molar-refractivity contribution in [2.75, 3.05) is 0 Å². The zero-order chi connectivity index (χ0) is 46.6. The number of aryl methyl sites for hydroxylation is 8. The second-order valence-corrected chi connectivity index (χ2v) is 20.3. The second-order valence-electron chi connectivity index (χ2n) is 20.3. The molecular weight excluding hydrogens is 761 g/mol. The third kappa shape index (κ3) is 5.60. The molecule has 0 fully saturated rings. The maximum absolute atomic E-state index is 7.03. The van der Waals surface area contributed by atoms with Gasteiger partial charge in [0.25, 0.3) is 0 Å². The molecule has 0 aliphatic heterocycles. The first-order valence-corrected chi connectivity index (χ1v) is 23.4. The fourth-order valence-corrected chi connectivity index (χ4v) is 12.2. The molecule has 0 aliphatic rings. The van der Waals surface area contributed by atoms with Crippen LogP contribution < -0.4 is 0 Å². The summed E-state index contributed by atoms with van der Waals surface area (Å²) in [6, 6.07) is 0. The van der Waals surface area contributed by atoms with Crippen LogP contribution in [0.25, 0.3) is 76.9 Å². The molecule has 0 saturated heterocycles. The number of hydrogen-bond acceptors (Lipinski definition) is 1. The van der Waals surface area contributed by atoms with Gasteiger partial charge in [0.15, 0.2) is 0 Å². The van der Waals surface area contributed by atoms with Gasteiger partial charge in [-0.1, -0.05) is 0 Å². The summed E-state index contributed by atoms with van der Waals surface area (Å²) in [7, 11) is 0. The molecule has 0 atom stereocenters. The summed E-state index contributed by atoms with van der Waals surface area (Å²) in [6.07, 6.45) is 0. The van der Waals surface area contributed by atoms with Crippen LogP contribution in [-0.4, -0.2) is 0 Å². The Hall–Kier alpha value is -5.14. The smallest absolute Gasteiger partial charge is 0.138 e. The first-order chi connectivity index (χ1) is 29.3. The van der Waals surface area contributed by atoms with Crippen LogP contribution in [0.4, 0.5) is 0 Å². The lowest BCUT2D eigenvalue weighted by molar-refractivity contribution is 0.661. The zero-order valence-corrected chi connectivity index (χ0v) is 43.4. The molecule has 326 valence electrons. The van der Waals surface area contributed by atoms with Gasteiger partial charge in [-0.25, -0.2) is 0 Å². The summed E-state index contributed by atoms with van der Waals surface area (Å²) in [4.78, 5) is 0. The van der Waals surface area contributed by atoms with Crippen molar-refractivity contribution >= 4 is 43.5 Å². The van der Waals surface area contributed by atoms with Gasteiger partial charge in [-0.15, -0.1) is 0 Å². The number of rotatable bonds is 3. The van der Waals surface area contributed by atoms with Crippen molar-refractivity contribution in [2.24, 2.45) is 0 Å². The topological polar surface area (TPSA) is 13.1 Å². The highest BCUT2D eigenvalue weighted by atomic mass is 16.3. The van der Waals surface area contributed by atoms with E-state index >= 15 is 0 Å². The molecule has 1 nitrogen and oxygen atoms in total. The fraction of sp³-hybridized carbons (Fsp3) is 0.387. The first kappa shape index (κ1) is 44.5. The standard InChI is InChI=1S/C62H72O/c1-25-26(2)36(12)49(37(13)27(25)3)51-38(14)28(4)29(5)39(15)52(51)60-55-42(18)32(8)30(6)40(16)53(55)59(54-41(17)31(7)33(9)43(19)56(54)60)50-45(21)47(23)62-58(48(50)24)57-44(20)34(10)35(11)46(22)61(57)63-62/h1-24H3. The monoisotopic (exact) mass is 833 g/mol. The van der Waals surface area contributed by atoms with Crippen molar-refractivity contribution in [2.45, 2.75) is 166 Å². The highest BCUT2D eigenvalue weighted by Gasteiger charge is 2.33. The largest absolute Gasteiger partial charge is 0.455 e. The Morgan fingerprint density at radius 3 is 0.698 bits per heavy atom. The Balaban J connectivity index is 1.78. The fourth-order valence-electron chi connectivity index (χ4n) is 12.2. The van der Waals surface area contributed by atoms with Crippen molar-refractivity contribution in [3.05, 3.63) is 134 Å².